The van der Waals surface area contributed by atoms with E-state index in [1.54, 1.807) is 30.3 Å². The van der Waals surface area contributed by atoms with Crippen molar-refractivity contribution in [3.8, 4) is 11.3 Å². The fourth-order valence-corrected chi connectivity index (χ4v) is 3.14. The van der Waals surface area contributed by atoms with Gasteiger partial charge in [0.1, 0.15) is 0 Å². The minimum Gasteiger partial charge on any atom is -0.309 e. The number of hydrogen-bond acceptors (Lipinski definition) is 5. The number of rotatable bonds is 4. The summed E-state index contributed by atoms with van der Waals surface area (Å²) in [5, 5.41) is 10.8. The second-order valence-corrected chi connectivity index (χ2v) is 6.40. The number of carbonyl (C=O) groups excluding carboxylic acids is 3. The van der Waals surface area contributed by atoms with Crippen LogP contribution >= 0.6 is 0 Å². The number of hydrogen-bond donors (Lipinski definition) is 1. The maximum absolute atomic E-state index is 12.4. The Morgan fingerprint density at radius 3 is 2.43 bits per heavy atom. The summed E-state index contributed by atoms with van der Waals surface area (Å²) in [5.41, 5.74) is 2.75. The van der Waals surface area contributed by atoms with E-state index in [-0.39, 0.29) is 23.8 Å². The van der Waals surface area contributed by atoms with Crippen molar-refractivity contribution >= 4 is 23.5 Å². The molecule has 1 aliphatic rings. The topological polar surface area (TPSA) is 92.3 Å². The highest BCUT2D eigenvalue weighted by Crippen LogP contribution is 2.25. The van der Waals surface area contributed by atoms with Crippen LogP contribution in [-0.2, 0) is 11.2 Å². The van der Waals surface area contributed by atoms with Gasteiger partial charge in [-0.25, -0.2) is 0 Å². The van der Waals surface area contributed by atoms with Crippen LogP contribution in [0.1, 0.15) is 26.3 Å². The van der Waals surface area contributed by atoms with E-state index in [1.165, 1.54) is 7.05 Å². The van der Waals surface area contributed by atoms with E-state index >= 15 is 0 Å². The molecule has 1 N–H and O–H groups in total. The zero-order valence-corrected chi connectivity index (χ0v) is 15.0. The van der Waals surface area contributed by atoms with Gasteiger partial charge in [0, 0.05) is 12.6 Å². The van der Waals surface area contributed by atoms with Crippen molar-refractivity contribution in [3.05, 3.63) is 77.4 Å². The van der Waals surface area contributed by atoms with Crippen LogP contribution in [0.2, 0.25) is 0 Å². The van der Waals surface area contributed by atoms with E-state index in [4.69, 9.17) is 0 Å². The number of fused-ring (bicyclic) bond motifs is 1. The van der Waals surface area contributed by atoms with Crippen LogP contribution < -0.4 is 5.32 Å². The van der Waals surface area contributed by atoms with E-state index in [9.17, 15) is 14.4 Å². The highest BCUT2D eigenvalue weighted by atomic mass is 16.2. The number of carbonyl (C=O) groups is 3. The van der Waals surface area contributed by atoms with Crippen LogP contribution in [0.25, 0.3) is 11.3 Å². The highest BCUT2D eigenvalue weighted by Gasteiger charge is 2.34. The third-order valence-electron chi connectivity index (χ3n) is 4.56. The molecular weight excluding hydrogens is 356 g/mol. The summed E-state index contributed by atoms with van der Waals surface area (Å²) in [5.74, 6) is -0.776. The first kappa shape index (κ1) is 17.5. The van der Waals surface area contributed by atoms with Crippen molar-refractivity contribution in [1.82, 2.24) is 15.1 Å². The lowest BCUT2D eigenvalue weighted by molar-refractivity contribution is -0.115. The van der Waals surface area contributed by atoms with Crippen LogP contribution in [-0.4, -0.2) is 39.9 Å². The standard InChI is InChI=1S/C21H16N4O3/c1-25-20(27)15-9-5-8-14(19(15)21(25)28)12-18(26)22-17-11-10-16(23-24-17)13-6-3-2-4-7-13/h2-11H,12H2,1H3,(H,22,24,26). The summed E-state index contributed by atoms with van der Waals surface area (Å²) in [6, 6.07) is 18.0. The molecule has 138 valence electrons. The Hall–Kier alpha value is -3.87. The van der Waals surface area contributed by atoms with Crippen molar-refractivity contribution in [1.29, 1.82) is 0 Å². The van der Waals surface area contributed by atoms with Gasteiger partial charge < -0.3 is 5.32 Å². The minimum atomic E-state index is -0.393. The summed E-state index contributed by atoms with van der Waals surface area (Å²) < 4.78 is 0. The molecule has 4 rings (SSSR count). The molecule has 0 atom stereocenters. The van der Waals surface area contributed by atoms with Crippen molar-refractivity contribution < 1.29 is 14.4 Å². The molecule has 0 unspecified atom stereocenters. The largest absolute Gasteiger partial charge is 0.309 e. The first-order valence-electron chi connectivity index (χ1n) is 8.68. The second kappa shape index (κ2) is 7.03. The molecule has 7 heteroatoms. The predicted molar refractivity (Wildman–Crippen MR) is 103 cm³/mol. The summed E-state index contributed by atoms with van der Waals surface area (Å²) in [4.78, 5) is 37.8. The van der Waals surface area contributed by atoms with Crippen molar-refractivity contribution in [3.63, 3.8) is 0 Å². The third-order valence-corrected chi connectivity index (χ3v) is 4.56. The fraction of sp³-hybridized carbons (Fsp3) is 0.0952. The van der Waals surface area contributed by atoms with E-state index in [1.807, 2.05) is 30.3 Å². The zero-order chi connectivity index (χ0) is 19.7. The molecular formula is C21H16N4O3. The number of imide groups is 1. The molecule has 0 saturated carbocycles. The SMILES string of the molecule is CN1C(=O)c2cccc(CC(=O)Nc3ccc(-c4ccccc4)nn3)c2C1=O. The van der Waals surface area contributed by atoms with Gasteiger partial charge >= 0.3 is 0 Å². The molecule has 0 fully saturated rings. The molecule has 0 saturated heterocycles. The Balaban J connectivity index is 1.49. The predicted octanol–water partition coefficient (Wildman–Crippen LogP) is 2.55. The first-order valence-corrected chi connectivity index (χ1v) is 8.68. The van der Waals surface area contributed by atoms with Gasteiger partial charge in [0.15, 0.2) is 5.82 Å². The molecule has 0 radical (unpaired) electrons. The third kappa shape index (κ3) is 3.14. The molecule has 2 aromatic carbocycles. The molecule has 1 aliphatic heterocycles. The van der Waals surface area contributed by atoms with Crippen LogP contribution in [0.15, 0.2) is 60.7 Å². The second-order valence-electron chi connectivity index (χ2n) is 6.40. The van der Waals surface area contributed by atoms with Crippen LogP contribution in [0.5, 0.6) is 0 Å². The molecule has 7 nitrogen and oxygen atoms in total. The van der Waals surface area contributed by atoms with Gasteiger partial charge in [-0.1, -0.05) is 42.5 Å². The van der Waals surface area contributed by atoms with E-state index in [0.717, 1.165) is 10.5 Å². The number of aromatic nitrogens is 2. The molecule has 3 aromatic rings. The Labute approximate surface area is 161 Å². The van der Waals surface area contributed by atoms with E-state index < -0.39 is 5.91 Å². The van der Waals surface area contributed by atoms with Crippen molar-refractivity contribution in [2.75, 3.05) is 12.4 Å². The Kier molecular flexibility index (Phi) is 4.41. The van der Waals surface area contributed by atoms with Gasteiger partial charge in [0.05, 0.1) is 23.2 Å². The molecule has 1 aromatic heterocycles. The molecule has 0 bridgehead atoms. The Morgan fingerprint density at radius 1 is 0.929 bits per heavy atom. The number of anilines is 1. The molecule has 2 heterocycles. The summed E-state index contributed by atoms with van der Waals surface area (Å²) in [6.07, 6.45) is -0.0435. The maximum atomic E-state index is 12.4. The fourth-order valence-electron chi connectivity index (χ4n) is 3.14. The van der Waals surface area contributed by atoms with Gasteiger partial charge in [-0.15, -0.1) is 10.2 Å². The molecule has 3 amide bonds. The zero-order valence-electron chi connectivity index (χ0n) is 15.0. The minimum absolute atomic E-state index is 0.0435. The number of amides is 3. The van der Waals surface area contributed by atoms with Crippen molar-refractivity contribution in [2.24, 2.45) is 0 Å². The lowest BCUT2D eigenvalue weighted by Gasteiger charge is -2.08. The lowest BCUT2D eigenvalue weighted by Crippen LogP contribution is -2.25. The molecule has 28 heavy (non-hydrogen) atoms. The van der Waals surface area contributed by atoms with Gasteiger partial charge in [-0.2, -0.15) is 0 Å². The van der Waals surface area contributed by atoms with Crippen molar-refractivity contribution in [2.45, 2.75) is 6.42 Å². The highest BCUT2D eigenvalue weighted by molar-refractivity contribution is 6.22. The quantitative estimate of drug-likeness (QED) is 0.711. The monoisotopic (exact) mass is 372 g/mol. The Bertz CT molecular complexity index is 1080. The number of nitrogens with one attached hydrogen (secondary N) is 1. The molecule has 0 spiro atoms. The average Bonchev–Trinajstić information content (AvgIpc) is 2.94. The van der Waals surface area contributed by atoms with Crippen LogP contribution in [0.4, 0.5) is 5.82 Å². The maximum Gasteiger partial charge on any atom is 0.261 e. The van der Waals surface area contributed by atoms with Gasteiger partial charge in [-0.05, 0) is 23.8 Å². The number of benzene rings is 2. The number of nitrogens with zero attached hydrogens (tertiary/aromatic N) is 3. The smallest absolute Gasteiger partial charge is 0.261 e. The summed E-state index contributed by atoms with van der Waals surface area (Å²) in [7, 11) is 1.43. The van der Waals surface area contributed by atoms with Gasteiger partial charge in [-0.3, -0.25) is 19.3 Å². The normalized spacial score (nSPS) is 12.8. The lowest BCUT2D eigenvalue weighted by atomic mass is 10.00. The molecule has 0 aliphatic carbocycles. The average molecular weight is 372 g/mol. The first-order chi connectivity index (χ1) is 13.5. The Morgan fingerprint density at radius 2 is 1.71 bits per heavy atom. The van der Waals surface area contributed by atoms with Crippen LogP contribution in [0, 0.1) is 0 Å². The van der Waals surface area contributed by atoms with Gasteiger partial charge in [0.2, 0.25) is 5.91 Å². The summed E-state index contributed by atoms with van der Waals surface area (Å²) >= 11 is 0. The van der Waals surface area contributed by atoms with E-state index in [2.05, 4.69) is 15.5 Å². The van der Waals surface area contributed by atoms with Gasteiger partial charge in [0.25, 0.3) is 11.8 Å². The van der Waals surface area contributed by atoms with Crippen LogP contribution in [0.3, 0.4) is 0 Å². The van der Waals surface area contributed by atoms with E-state index in [0.29, 0.717) is 22.6 Å². The summed E-state index contributed by atoms with van der Waals surface area (Å²) in [6.45, 7) is 0.